The molecule has 1 unspecified atom stereocenters. The number of hydrogen-bond donors (Lipinski definition) is 3. The van der Waals surface area contributed by atoms with Crippen molar-refractivity contribution in [1.29, 1.82) is 0 Å². The summed E-state index contributed by atoms with van der Waals surface area (Å²) in [6.45, 7) is 6.95. The zero-order chi connectivity index (χ0) is 41.1. The third-order valence-corrected chi connectivity index (χ3v) is 11.6. The van der Waals surface area contributed by atoms with Crippen molar-refractivity contribution in [3.8, 4) is 11.5 Å². The SMILES string of the molecule is C=CCO[C@@]12Oc3ccc(OC(=O)NCC)cc3[C@H]3[C@H](CCCCO)[C@@H](CCCCO)C=C(C(=NOC4CCCCO4)C[C@@H]1N(Cc1ccc(F)cc1)C(=O)OC)[C@H]32. The number of halogens is 1. The summed E-state index contributed by atoms with van der Waals surface area (Å²) in [5.74, 6) is -2.09. The van der Waals surface area contributed by atoms with E-state index in [0.29, 0.717) is 55.2 Å². The molecule has 2 heterocycles. The smallest absolute Gasteiger partial charge is 0.412 e. The van der Waals surface area contributed by atoms with Gasteiger partial charge in [-0.2, -0.15) is 0 Å². The monoisotopic (exact) mass is 807 g/mol. The molecule has 13 nitrogen and oxygen atoms in total. The first-order valence-electron chi connectivity index (χ1n) is 20.7. The Morgan fingerprint density at radius 1 is 1.09 bits per heavy atom. The van der Waals surface area contributed by atoms with Crippen molar-refractivity contribution in [3.05, 3.63) is 83.7 Å². The maximum Gasteiger partial charge on any atom is 0.412 e. The van der Waals surface area contributed by atoms with Gasteiger partial charge in [0, 0.05) is 50.6 Å². The van der Waals surface area contributed by atoms with Gasteiger partial charge in [0.1, 0.15) is 23.4 Å². The van der Waals surface area contributed by atoms with Crippen LogP contribution in [0, 0.1) is 23.6 Å². The highest BCUT2D eigenvalue weighted by Crippen LogP contribution is 2.62. The van der Waals surface area contributed by atoms with Crippen LogP contribution < -0.4 is 14.8 Å². The second-order valence-electron chi connectivity index (χ2n) is 15.3. The van der Waals surface area contributed by atoms with Crippen LogP contribution in [0.15, 0.2) is 71.9 Å². The van der Waals surface area contributed by atoms with E-state index in [4.69, 9.17) is 33.7 Å². The molecule has 4 aliphatic rings. The summed E-state index contributed by atoms with van der Waals surface area (Å²) in [6, 6.07) is 10.4. The number of nitrogens with zero attached hydrogens (tertiary/aromatic N) is 2. The summed E-state index contributed by atoms with van der Waals surface area (Å²) in [5, 5.41) is 27.3. The highest BCUT2D eigenvalue weighted by Gasteiger charge is 2.65. The third kappa shape index (κ3) is 9.68. The number of aliphatic hydroxyl groups is 2. The number of ether oxygens (including phenoxy) is 5. The molecule has 2 amide bonds. The second-order valence-corrected chi connectivity index (χ2v) is 15.3. The molecule has 0 radical (unpaired) electrons. The molecule has 0 bridgehead atoms. The van der Waals surface area contributed by atoms with Gasteiger partial charge in [-0.25, -0.2) is 14.0 Å². The number of allylic oxidation sites excluding steroid dienone is 1. The molecule has 6 rings (SSSR count). The number of oxime groups is 1. The molecular formula is C44H58FN3O10. The van der Waals surface area contributed by atoms with Crippen molar-refractivity contribution in [2.45, 2.75) is 102 Å². The maximum absolute atomic E-state index is 14.1. The van der Waals surface area contributed by atoms with Crippen molar-refractivity contribution in [1.82, 2.24) is 10.2 Å². The molecule has 2 aliphatic heterocycles. The zero-order valence-corrected chi connectivity index (χ0v) is 33.6. The Balaban J connectivity index is 1.59. The van der Waals surface area contributed by atoms with Crippen molar-refractivity contribution in [2.75, 3.05) is 40.1 Å². The summed E-state index contributed by atoms with van der Waals surface area (Å²) >= 11 is 0. The normalized spacial score (nSPS) is 26.6. The summed E-state index contributed by atoms with van der Waals surface area (Å²) < 4.78 is 45.4. The molecule has 0 aromatic heterocycles. The highest BCUT2D eigenvalue weighted by molar-refractivity contribution is 6.03. The molecule has 7 atom stereocenters. The molecule has 14 heteroatoms. The quantitative estimate of drug-likeness (QED) is 0.0790. The molecule has 0 spiro atoms. The minimum Gasteiger partial charge on any atom is -0.459 e. The third-order valence-electron chi connectivity index (χ3n) is 11.6. The number of methoxy groups -OCH3 is 1. The number of fused-ring (bicyclic) bond motifs is 2. The van der Waals surface area contributed by atoms with Gasteiger partial charge in [0.25, 0.3) is 0 Å². The summed E-state index contributed by atoms with van der Waals surface area (Å²) in [5.41, 5.74) is 2.91. The van der Waals surface area contributed by atoms with E-state index >= 15 is 0 Å². The van der Waals surface area contributed by atoms with E-state index < -0.39 is 42.0 Å². The van der Waals surface area contributed by atoms with Gasteiger partial charge in [-0.3, -0.25) is 4.90 Å². The highest BCUT2D eigenvalue weighted by atomic mass is 19.1. The minimum atomic E-state index is -1.54. The van der Waals surface area contributed by atoms with Gasteiger partial charge in [-0.1, -0.05) is 42.3 Å². The molecule has 316 valence electrons. The topological polar surface area (TPSA) is 158 Å². The number of amides is 2. The standard InChI is InChI=1S/C44H58FN3O10/c1-4-23-55-44-38(48(43(52)53-3)28-29-15-17-31(45)18-16-29)27-36(47-58-39-14-8-11-24-54-39)34-25-30(12-6-9-21-49)33(13-7-10-22-50)40(41(34)44)35-26-32(19-20-37(35)57-44)56-42(51)46-5-2/h4,15-20,25-26,30,33,38-41,49-50H,1,5-14,21-24,27-28H2,2-3H3,(H,46,51)/t30-,33+,38-,39?,40+,41+,44+/m0/s1. The lowest BCUT2D eigenvalue weighted by atomic mass is 9.55. The second kappa shape index (κ2) is 20.5. The van der Waals surface area contributed by atoms with Crippen LogP contribution in [0.2, 0.25) is 0 Å². The van der Waals surface area contributed by atoms with Gasteiger partial charge in [-0.15, -0.1) is 6.58 Å². The Labute approximate surface area is 340 Å². The maximum atomic E-state index is 14.1. The molecule has 1 saturated heterocycles. The van der Waals surface area contributed by atoms with Gasteiger partial charge in [0.15, 0.2) is 0 Å². The molecule has 2 aromatic carbocycles. The average molecular weight is 808 g/mol. The Bertz CT molecular complexity index is 1770. The lowest BCUT2D eigenvalue weighted by Gasteiger charge is -2.59. The van der Waals surface area contributed by atoms with Crippen molar-refractivity contribution in [3.63, 3.8) is 0 Å². The molecule has 3 N–H and O–H groups in total. The minimum absolute atomic E-state index is 0.00103. The number of carbonyl (C=O) groups is 2. The van der Waals surface area contributed by atoms with Crippen molar-refractivity contribution < 1.29 is 52.7 Å². The van der Waals surface area contributed by atoms with E-state index in [1.807, 2.05) is 13.0 Å². The largest absolute Gasteiger partial charge is 0.459 e. The van der Waals surface area contributed by atoms with E-state index in [1.165, 1.54) is 19.2 Å². The number of nitrogens with one attached hydrogen (secondary N) is 1. The summed E-state index contributed by atoms with van der Waals surface area (Å²) in [7, 11) is 1.31. The zero-order valence-electron chi connectivity index (χ0n) is 33.6. The number of unbranched alkanes of at least 4 members (excludes halogenated alkanes) is 2. The van der Waals surface area contributed by atoms with Crippen LogP contribution in [0.3, 0.4) is 0 Å². The summed E-state index contributed by atoms with van der Waals surface area (Å²) in [4.78, 5) is 34.5. The average Bonchev–Trinajstić information content (AvgIpc) is 3.23. The van der Waals surface area contributed by atoms with E-state index in [0.717, 1.165) is 49.7 Å². The van der Waals surface area contributed by atoms with Crippen LogP contribution in [0.5, 0.6) is 11.5 Å². The fraction of sp³-hybridized carbons (Fsp3) is 0.568. The van der Waals surface area contributed by atoms with Crippen molar-refractivity contribution in [2.24, 2.45) is 22.9 Å². The van der Waals surface area contributed by atoms with Crippen LogP contribution in [0.25, 0.3) is 0 Å². The van der Waals surface area contributed by atoms with Crippen LogP contribution in [0.4, 0.5) is 14.0 Å². The van der Waals surface area contributed by atoms with Crippen LogP contribution in [0.1, 0.15) is 88.2 Å². The van der Waals surface area contributed by atoms with E-state index in [9.17, 15) is 24.2 Å². The Kier molecular flexibility index (Phi) is 15.2. The Hall–Kier alpha value is -4.50. The van der Waals surface area contributed by atoms with Gasteiger partial charge in [-0.05, 0) is 98.8 Å². The van der Waals surface area contributed by atoms with E-state index in [2.05, 4.69) is 18.0 Å². The fourth-order valence-corrected chi connectivity index (χ4v) is 9.12. The Morgan fingerprint density at radius 3 is 2.55 bits per heavy atom. The first-order valence-corrected chi connectivity index (χ1v) is 20.7. The van der Waals surface area contributed by atoms with E-state index in [1.54, 1.807) is 35.2 Å². The first-order chi connectivity index (χ1) is 28.3. The van der Waals surface area contributed by atoms with E-state index in [-0.39, 0.29) is 50.5 Å². The molecule has 2 fully saturated rings. The lowest BCUT2D eigenvalue weighted by molar-refractivity contribution is -0.256. The number of carbonyl (C=O) groups excluding carboxylic acids is 2. The number of aliphatic hydroxyl groups excluding tert-OH is 2. The van der Waals surface area contributed by atoms with Gasteiger partial charge in [0.2, 0.25) is 12.1 Å². The van der Waals surface area contributed by atoms with Gasteiger partial charge < -0.3 is 44.1 Å². The van der Waals surface area contributed by atoms with Crippen LogP contribution in [-0.4, -0.2) is 91.2 Å². The van der Waals surface area contributed by atoms with Gasteiger partial charge in [0.05, 0.1) is 32.0 Å². The fourth-order valence-electron chi connectivity index (χ4n) is 9.12. The molecular weight excluding hydrogens is 749 g/mol. The molecule has 2 aliphatic carbocycles. The van der Waals surface area contributed by atoms with Crippen molar-refractivity contribution >= 4 is 17.9 Å². The number of benzene rings is 2. The molecule has 58 heavy (non-hydrogen) atoms. The molecule has 1 saturated carbocycles. The Morgan fingerprint density at radius 2 is 1.86 bits per heavy atom. The lowest BCUT2D eigenvalue weighted by Crippen LogP contribution is -2.70. The van der Waals surface area contributed by atoms with Crippen LogP contribution >= 0.6 is 0 Å². The summed E-state index contributed by atoms with van der Waals surface area (Å²) in [6.07, 6.45) is 9.06. The predicted octanol–water partition coefficient (Wildman–Crippen LogP) is 7.36. The van der Waals surface area contributed by atoms with Gasteiger partial charge >= 0.3 is 12.2 Å². The number of rotatable bonds is 18. The first kappa shape index (κ1) is 43.1. The number of hydrogen-bond acceptors (Lipinski definition) is 11. The predicted molar refractivity (Wildman–Crippen MR) is 214 cm³/mol. The molecule has 2 aromatic rings. The van der Waals surface area contributed by atoms with Crippen LogP contribution in [-0.2, 0) is 25.6 Å².